The number of aromatic nitrogens is 2. The summed E-state index contributed by atoms with van der Waals surface area (Å²) < 4.78 is 11.7. The minimum absolute atomic E-state index is 0.000111. The maximum absolute atomic E-state index is 9.93. The van der Waals surface area contributed by atoms with Gasteiger partial charge in [0.2, 0.25) is 5.88 Å². The van der Waals surface area contributed by atoms with E-state index in [4.69, 9.17) is 9.47 Å². The third-order valence-electron chi connectivity index (χ3n) is 5.79. The molecule has 1 aromatic heterocycles. The third kappa shape index (κ3) is 3.92. The van der Waals surface area contributed by atoms with Crippen molar-refractivity contribution in [1.29, 1.82) is 0 Å². The smallest absolute Gasteiger partial charge is 0.218 e. The van der Waals surface area contributed by atoms with Gasteiger partial charge >= 0.3 is 0 Å². The molecule has 0 unspecified atom stereocenters. The highest BCUT2D eigenvalue weighted by Crippen LogP contribution is 2.34. The lowest BCUT2D eigenvalue weighted by molar-refractivity contribution is 0.0735. The Kier molecular flexibility index (Phi) is 5.27. The van der Waals surface area contributed by atoms with Crippen molar-refractivity contribution in [3.8, 4) is 5.88 Å². The van der Waals surface area contributed by atoms with E-state index in [1.807, 2.05) is 13.0 Å². The van der Waals surface area contributed by atoms with E-state index in [0.29, 0.717) is 12.3 Å². The molecule has 4 rings (SSSR count). The van der Waals surface area contributed by atoms with Crippen molar-refractivity contribution < 1.29 is 14.6 Å². The highest BCUT2D eigenvalue weighted by atomic mass is 16.5. The Morgan fingerprint density at radius 3 is 2.81 bits per heavy atom. The molecule has 1 saturated carbocycles. The van der Waals surface area contributed by atoms with Crippen LogP contribution in [-0.4, -0.2) is 40.5 Å². The first-order valence-corrected chi connectivity index (χ1v) is 9.68. The number of aryl methyl sites for hydroxylation is 1. The molecule has 5 atom stereocenters. The minimum atomic E-state index is -0.296. The number of methoxy groups -OCH3 is 1. The molecule has 0 aliphatic heterocycles. The Morgan fingerprint density at radius 2 is 2.04 bits per heavy atom. The Morgan fingerprint density at radius 1 is 1.19 bits per heavy atom. The molecule has 0 amide bonds. The number of hydrogen-bond acceptors (Lipinski definition) is 6. The summed E-state index contributed by atoms with van der Waals surface area (Å²) >= 11 is 0. The minimum Gasteiger partial charge on any atom is -0.474 e. The number of nitrogens with zero attached hydrogens (tertiary/aromatic N) is 2. The zero-order valence-corrected chi connectivity index (χ0v) is 15.8. The molecule has 0 bridgehead atoms. The van der Waals surface area contributed by atoms with Gasteiger partial charge in [0.05, 0.1) is 18.2 Å². The lowest BCUT2D eigenvalue weighted by Crippen LogP contribution is -2.32. The van der Waals surface area contributed by atoms with Crippen molar-refractivity contribution in [2.24, 2.45) is 5.92 Å². The zero-order chi connectivity index (χ0) is 18.8. The highest BCUT2D eigenvalue weighted by molar-refractivity contribution is 5.44. The number of rotatable bonds is 5. The summed E-state index contributed by atoms with van der Waals surface area (Å²) in [5.74, 6) is 1.52. The van der Waals surface area contributed by atoms with Crippen molar-refractivity contribution in [2.75, 3.05) is 12.4 Å². The average Bonchev–Trinajstić information content (AvgIpc) is 2.99. The van der Waals surface area contributed by atoms with Crippen LogP contribution in [0.25, 0.3) is 0 Å². The van der Waals surface area contributed by atoms with Crippen molar-refractivity contribution in [3.05, 3.63) is 47.8 Å². The first-order chi connectivity index (χ1) is 13.1. The average molecular weight is 369 g/mol. The van der Waals surface area contributed by atoms with Gasteiger partial charge in [-0.15, -0.1) is 0 Å². The van der Waals surface area contributed by atoms with Gasteiger partial charge in [0.1, 0.15) is 18.2 Å². The van der Waals surface area contributed by atoms with E-state index >= 15 is 0 Å². The molecule has 2 aliphatic carbocycles. The van der Waals surface area contributed by atoms with Gasteiger partial charge in [0, 0.05) is 19.6 Å². The van der Waals surface area contributed by atoms with Crippen molar-refractivity contribution in [3.63, 3.8) is 0 Å². The van der Waals surface area contributed by atoms with Gasteiger partial charge in [-0.05, 0) is 36.3 Å². The molecule has 0 spiro atoms. The van der Waals surface area contributed by atoms with Gasteiger partial charge in [0.15, 0.2) is 0 Å². The maximum atomic E-state index is 9.93. The van der Waals surface area contributed by atoms with Crippen LogP contribution in [0.2, 0.25) is 0 Å². The third-order valence-corrected chi connectivity index (χ3v) is 5.79. The second-order valence-corrected chi connectivity index (χ2v) is 7.63. The van der Waals surface area contributed by atoms with E-state index in [2.05, 4.69) is 39.6 Å². The van der Waals surface area contributed by atoms with E-state index in [-0.39, 0.29) is 30.3 Å². The van der Waals surface area contributed by atoms with Gasteiger partial charge in [-0.2, -0.15) is 0 Å². The molecular formula is C21H27N3O3. The molecule has 1 fully saturated rings. The largest absolute Gasteiger partial charge is 0.474 e. The zero-order valence-electron chi connectivity index (χ0n) is 15.8. The molecule has 2 aromatic rings. The van der Waals surface area contributed by atoms with Gasteiger partial charge < -0.3 is 19.9 Å². The molecule has 0 radical (unpaired) electrons. The lowest BCUT2D eigenvalue weighted by atomic mass is 9.85. The van der Waals surface area contributed by atoms with Gasteiger partial charge in [-0.1, -0.05) is 31.2 Å². The van der Waals surface area contributed by atoms with Crippen LogP contribution in [0.5, 0.6) is 5.88 Å². The summed E-state index contributed by atoms with van der Waals surface area (Å²) in [6, 6.07) is 10.3. The summed E-state index contributed by atoms with van der Waals surface area (Å²) in [7, 11) is 1.76. The molecule has 2 N–H and O–H groups in total. The SMILES string of the molecule is CO[C@H]1CCc2ccccc2[C@H]1Nc1cc(O[C@@H]2C[C@H](C)[C@@H](O)C2)ncn1. The maximum Gasteiger partial charge on any atom is 0.218 e. The van der Waals surface area contributed by atoms with E-state index in [1.54, 1.807) is 7.11 Å². The van der Waals surface area contributed by atoms with E-state index < -0.39 is 0 Å². The van der Waals surface area contributed by atoms with Crippen LogP contribution in [0.3, 0.4) is 0 Å². The van der Waals surface area contributed by atoms with Gasteiger partial charge in [-0.3, -0.25) is 0 Å². The molecule has 2 aliphatic rings. The number of ether oxygens (including phenoxy) is 2. The predicted molar refractivity (Wildman–Crippen MR) is 103 cm³/mol. The number of fused-ring (bicyclic) bond motifs is 1. The topological polar surface area (TPSA) is 76.5 Å². The van der Waals surface area contributed by atoms with Crippen LogP contribution in [0.1, 0.15) is 43.4 Å². The van der Waals surface area contributed by atoms with Crippen LogP contribution < -0.4 is 10.1 Å². The summed E-state index contributed by atoms with van der Waals surface area (Å²) in [6.45, 7) is 2.05. The predicted octanol–water partition coefficient (Wildman–Crippen LogP) is 3.13. The second-order valence-electron chi connectivity index (χ2n) is 7.63. The lowest BCUT2D eigenvalue weighted by Gasteiger charge is -2.33. The van der Waals surface area contributed by atoms with Gasteiger partial charge in [0.25, 0.3) is 0 Å². The molecule has 6 heteroatoms. The summed E-state index contributed by atoms with van der Waals surface area (Å²) in [6.07, 6.45) is 4.79. The standard InChI is InChI=1S/C21H27N3O3/c1-13-9-15(10-17(13)25)27-20-11-19(22-12-23-20)24-21-16-6-4-3-5-14(16)7-8-18(21)26-2/h3-6,11-13,15,17-18,21,25H,7-10H2,1-2H3,(H,22,23,24)/t13-,15+,17-,18-,21+/m0/s1. The van der Waals surface area contributed by atoms with E-state index in [1.165, 1.54) is 17.5 Å². The molecule has 1 aromatic carbocycles. The van der Waals surface area contributed by atoms with E-state index in [9.17, 15) is 5.11 Å². The Balaban J connectivity index is 1.51. The monoisotopic (exact) mass is 369 g/mol. The normalized spacial score (nSPS) is 30.0. The van der Waals surface area contributed by atoms with Crippen LogP contribution in [0.4, 0.5) is 5.82 Å². The molecule has 6 nitrogen and oxygen atoms in total. The Labute approximate surface area is 160 Å². The summed E-state index contributed by atoms with van der Waals surface area (Å²) in [4.78, 5) is 8.62. The van der Waals surface area contributed by atoms with Crippen molar-refractivity contribution in [1.82, 2.24) is 9.97 Å². The fraction of sp³-hybridized carbons (Fsp3) is 0.524. The highest BCUT2D eigenvalue weighted by Gasteiger charge is 2.32. The van der Waals surface area contributed by atoms with E-state index in [0.717, 1.165) is 25.1 Å². The molecule has 1 heterocycles. The second kappa shape index (κ2) is 7.82. The van der Waals surface area contributed by atoms with Crippen molar-refractivity contribution in [2.45, 2.75) is 57.0 Å². The van der Waals surface area contributed by atoms with Gasteiger partial charge in [-0.25, -0.2) is 9.97 Å². The number of nitrogens with one attached hydrogen (secondary N) is 1. The number of benzene rings is 1. The number of hydrogen-bond donors (Lipinski definition) is 2. The number of anilines is 1. The molecular weight excluding hydrogens is 342 g/mol. The molecule has 27 heavy (non-hydrogen) atoms. The van der Waals surface area contributed by atoms with Crippen molar-refractivity contribution >= 4 is 5.82 Å². The number of aliphatic hydroxyl groups excluding tert-OH is 1. The Hall–Kier alpha value is -2.18. The molecule has 144 valence electrons. The fourth-order valence-corrected chi connectivity index (χ4v) is 4.23. The summed E-state index contributed by atoms with van der Waals surface area (Å²) in [5, 5.41) is 13.4. The van der Waals surface area contributed by atoms with Crippen LogP contribution >= 0.6 is 0 Å². The Bertz CT molecular complexity index is 775. The first-order valence-electron chi connectivity index (χ1n) is 9.68. The first kappa shape index (κ1) is 18.2. The van der Waals surface area contributed by atoms with Crippen LogP contribution in [-0.2, 0) is 11.2 Å². The molecule has 0 saturated heterocycles. The van der Waals surface area contributed by atoms with Crippen LogP contribution in [0.15, 0.2) is 36.7 Å². The fourth-order valence-electron chi connectivity index (χ4n) is 4.23. The number of aliphatic hydroxyl groups is 1. The summed E-state index contributed by atoms with van der Waals surface area (Å²) in [5.41, 5.74) is 2.60. The quantitative estimate of drug-likeness (QED) is 0.843. The van der Waals surface area contributed by atoms with Crippen LogP contribution in [0, 0.1) is 5.92 Å².